The van der Waals surface area contributed by atoms with Gasteiger partial charge in [0, 0.05) is 18.7 Å². The second-order valence-electron chi connectivity index (χ2n) is 7.16. The number of rotatable bonds is 7. The Kier molecular flexibility index (Phi) is 6.53. The van der Waals surface area contributed by atoms with E-state index in [1.807, 2.05) is 54.6 Å². The minimum Gasteiger partial charge on any atom is -0.486 e. The van der Waals surface area contributed by atoms with Gasteiger partial charge < -0.3 is 14.8 Å². The molecule has 9 heteroatoms. The van der Waals surface area contributed by atoms with Crippen LogP contribution in [-0.2, 0) is 4.79 Å². The van der Waals surface area contributed by atoms with Crippen LogP contribution in [0.4, 0.5) is 11.4 Å². The summed E-state index contributed by atoms with van der Waals surface area (Å²) < 4.78 is 11.7. The maximum atomic E-state index is 13.1. The lowest BCUT2D eigenvalue weighted by Gasteiger charge is -2.28. The first-order valence-electron chi connectivity index (χ1n) is 9.93. The van der Waals surface area contributed by atoms with Crippen LogP contribution in [0.25, 0.3) is 0 Å². The minimum atomic E-state index is -0.705. The van der Waals surface area contributed by atoms with Gasteiger partial charge in [-0.2, -0.15) is 0 Å². The Balaban J connectivity index is 1.48. The third-order valence-corrected chi connectivity index (χ3v) is 5.25. The monoisotopic (exact) mass is 453 g/mol. The van der Waals surface area contributed by atoms with Gasteiger partial charge in [0.1, 0.15) is 18.8 Å². The number of carbonyl (C=O) groups excluding carboxylic acids is 1. The zero-order chi connectivity index (χ0) is 22.5. The molecule has 8 nitrogen and oxygen atoms in total. The normalized spacial score (nSPS) is 15.6. The van der Waals surface area contributed by atoms with Crippen molar-refractivity contribution in [3.8, 4) is 11.5 Å². The highest BCUT2D eigenvalue weighted by molar-refractivity contribution is 6.34. The summed E-state index contributed by atoms with van der Waals surface area (Å²) in [7, 11) is 0. The lowest BCUT2D eigenvalue weighted by Crippen LogP contribution is -2.42. The first-order chi connectivity index (χ1) is 15.5. The summed E-state index contributed by atoms with van der Waals surface area (Å²) in [6.45, 7) is 0.705. The highest BCUT2D eigenvalue weighted by atomic mass is 35.5. The molecular formula is C23H20ClN3O5. The average molecular weight is 454 g/mol. The number of fused-ring (bicyclic) bond motifs is 1. The molecule has 4 rings (SSSR count). The van der Waals surface area contributed by atoms with Crippen molar-refractivity contribution < 1.29 is 19.2 Å². The molecule has 0 radical (unpaired) electrons. The molecule has 2 unspecified atom stereocenters. The second-order valence-corrected chi connectivity index (χ2v) is 7.57. The number of para-hydroxylation sites is 2. The van der Waals surface area contributed by atoms with Gasteiger partial charge in [0.05, 0.1) is 15.6 Å². The predicted octanol–water partition coefficient (Wildman–Crippen LogP) is 4.36. The Bertz CT molecular complexity index is 1130. The Hall–Kier alpha value is -3.62. The molecule has 0 saturated heterocycles. The smallest absolute Gasteiger partial charge is 0.271 e. The number of hydrogen-bond acceptors (Lipinski definition) is 6. The topological polar surface area (TPSA) is 103 Å². The predicted molar refractivity (Wildman–Crippen MR) is 120 cm³/mol. The first-order valence-corrected chi connectivity index (χ1v) is 10.3. The summed E-state index contributed by atoms with van der Waals surface area (Å²) in [6.07, 6.45) is -0.285. The number of anilines is 1. The average Bonchev–Trinajstić information content (AvgIpc) is 2.81. The third-order valence-electron chi connectivity index (χ3n) is 4.93. The van der Waals surface area contributed by atoms with Crippen molar-refractivity contribution in [3.05, 3.63) is 93.5 Å². The van der Waals surface area contributed by atoms with Gasteiger partial charge in [-0.05, 0) is 23.8 Å². The summed E-state index contributed by atoms with van der Waals surface area (Å²) in [4.78, 5) is 23.5. The van der Waals surface area contributed by atoms with E-state index >= 15 is 0 Å². The molecular weight excluding hydrogens is 434 g/mol. The standard InChI is InChI=1S/C23H20ClN3O5/c24-18-12-16(27(29)30)10-11-19(18)26-23(28)22(15-6-2-1-3-7-15)25-13-17-14-31-20-8-4-5-9-21(20)32-17/h1-12,17,22,25H,13-14H2,(H,26,28). The lowest BCUT2D eigenvalue weighted by atomic mass is 10.1. The summed E-state index contributed by atoms with van der Waals surface area (Å²) >= 11 is 6.14. The van der Waals surface area contributed by atoms with Crippen molar-refractivity contribution in [3.63, 3.8) is 0 Å². The van der Waals surface area contributed by atoms with Crippen LogP contribution in [0.15, 0.2) is 72.8 Å². The molecule has 0 aromatic heterocycles. The quantitative estimate of drug-likeness (QED) is 0.407. The number of nitro groups is 1. The molecule has 0 bridgehead atoms. The molecule has 0 aliphatic carbocycles. The van der Waals surface area contributed by atoms with E-state index in [0.717, 1.165) is 5.56 Å². The van der Waals surface area contributed by atoms with Crippen LogP contribution >= 0.6 is 11.6 Å². The van der Waals surface area contributed by atoms with Crippen LogP contribution in [0.2, 0.25) is 5.02 Å². The van der Waals surface area contributed by atoms with Gasteiger partial charge in [-0.25, -0.2) is 0 Å². The van der Waals surface area contributed by atoms with Crippen molar-refractivity contribution in [2.75, 3.05) is 18.5 Å². The van der Waals surface area contributed by atoms with E-state index in [0.29, 0.717) is 24.7 Å². The van der Waals surface area contributed by atoms with E-state index in [2.05, 4.69) is 10.6 Å². The summed E-state index contributed by atoms with van der Waals surface area (Å²) in [5, 5.41) is 17.0. The molecule has 164 valence electrons. The molecule has 0 fully saturated rings. The molecule has 32 heavy (non-hydrogen) atoms. The number of amides is 1. The number of benzene rings is 3. The Morgan fingerprint density at radius 1 is 1.09 bits per heavy atom. The maximum absolute atomic E-state index is 13.1. The molecule has 0 spiro atoms. The minimum absolute atomic E-state index is 0.0833. The van der Waals surface area contributed by atoms with Gasteiger partial charge >= 0.3 is 0 Å². The summed E-state index contributed by atoms with van der Waals surface area (Å²) in [6, 6.07) is 19.8. The fourth-order valence-corrected chi connectivity index (χ4v) is 3.57. The molecule has 1 aliphatic rings. The number of nitrogens with one attached hydrogen (secondary N) is 2. The van der Waals surface area contributed by atoms with E-state index in [9.17, 15) is 14.9 Å². The Labute approximate surface area is 189 Å². The number of ether oxygens (including phenoxy) is 2. The molecule has 2 N–H and O–H groups in total. The van der Waals surface area contributed by atoms with E-state index in [4.69, 9.17) is 21.1 Å². The Morgan fingerprint density at radius 2 is 1.81 bits per heavy atom. The van der Waals surface area contributed by atoms with E-state index in [1.165, 1.54) is 18.2 Å². The zero-order valence-electron chi connectivity index (χ0n) is 16.9. The zero-order valence-corrected chi connectivity index (χ0v) is 17.6. The molecule has 3 aromatic carbocycles. The van der Waals surface area contributed by atoms with Crippen LogP contribution < -0.4 is 20.1 Å². The Morgan fingerprint density at radius 3 is 2.53 bits per heavy atom. The SMILES string of the molecule is O=C(Nc1ccc([N+](=O)[O-])cc1Cl)C(NCC1COc2ccccc2O1)c1ccccc1. The van der Waals surface area contributed by atoms with Crippen molar-refractivity contribution in [1.82, 2.24) is 5.32 Å². The largest absolute Gasteiger partial charge is 0.486 e. The number of hydrogen-bond donors (Lipinski definition) is 2. The summed E-state index contributed by atoms with van der Waals surface area (Å²) in [5.74, 6) is 0.988. The van der Waals surface area contributed by atoms with Gasteiger partial charge in [0.2, 0.25) is 5.91 Å². The van der Waals surface area contributed by atoms with Gasteiger partial charge in [0.25, 0.3) is 5.69 Å². The molecule has 2 atom stereocenters. The third kappa shape index (κ3) is 4.99. The number of non-ortho nitro benzene ring substituents is 1. The molecule has 3 aromatic rings. The van der Waals surface area contributed by atoms with Crippen molar-refractivity contribution in [2.24, 2.45) is 0 Å². The van der Waals surface area contributed by atoms with Crippen LogP contribution in [0.5, 0.6) is 11.5 Å². The highest BCUT2D eigenvalue weighted by Gasteiger charge is 2.26. The van der Waals surface area contributed by atoms with Gasteiger partial charge in [-0.1, -0.05) is 54.1 Å². The van der Waals surface area contributed by atoms with Gasteiger partial charge in [-0.3, -0.25) is 20.2 Å². The van der Waals surface area contributed by atoms with Crippen LogP contribution in [0.1, 0.15) is 11.6 Å². The maximum Gasteiger partial charge on any atom is 0.271 e. The molecule has 1 heterocycles. The number of nitro benzene ring substituents is 1. The van der Waals surface area contributed by atoms with Gasteiger partial charge in [0.15, 0.2) is 11.5 Å². The van der Waals surface area contributed by atoms with Crippen molar-refractivity contribution in [2.45, 2.75) is 12.1 Å². The number of carbonyl (C=O) groups is 1. The molecule has 1 aliphatic heterocycles. The first kappa shape index (κ1) is 21.6. The summed E-state index contributed by atoms with van der Waals surface area (Å²) in [5.41, 5.74) is 0.886. The second kappa shape index (κ2) is 9.67. The highest BCUT2D eigenvalue weighted by Crippen LogP contribution is 2.31. The van der Waals surface area contributed by atoms with E-state index in [1.54, 1.807) is 0 Å². The fraction of sp³-hybridized carbons (Fsp3) is 0.174. The number of nitrogens with zero attached hydrogens (tertiary/aromatic N) is 1. The van der Waals surface area contributed by atoms with Crippen LogP contribution in [0, 0.1) is 10.1 Å². The van der Waals surface area contributed by atoms with Crippen molar-refractivity contribution in [1.29, 1.82) is 0 Å². The van der Waals surface area contributed by atoms with Gasteiger partial charge in [-0.15, -0.1) is 0 Å². The molecule has 0 saturated carbocycles. The van der Waals surface area contributed by atoms with Crippen LogP contribution in [-0.4, -0.2) is 30.1 Å². The number of halogens is 1. The fourth-order valence-electron chi connectivity index (χ4n) is 3.34. The van der Waals surface area contributed by atoms with Crippen LogP contribution in [0.3, 0.4) is 0 Å². The molecule has 1 amide bonds. The van der Waals surface area contributed by atoms with E-state index in [-0.39, 0.29) is 28.4 Å². The van der Waals surface area contributed by atoms with E-state index < -0.39 is 11.0 Å². The lowest BCUT2D eigenvalue weighted by molar-refractivity contribution is -0.384. The van der Waals surface area contributed by atoms with Crippen molar-refractivity contribution >= 4 is 28.9 Å².